The van der Waals surface area contributed by atoms with Crippen molar-refractivity contribution < 1.29 is 19.0 Å². The molecule has 0 amide bonds. The van der Waals surface area contributed by atoms with Crippen LogP contribution in [0.15, 0.2) is 84.9 Å². The van der Waals surface area contributed by atoms with Gasteiger partial charge in [-0.2, -0.15) is 0 Å². The Morgan fingerprint density at radius 1 is 0.774 bits per heavy atom. The van der Waals surface area contributed by atoms with E-state index in [4.69, 9.17) is 14.2 Å². The van der Waals surface area contributed by atoms with Crippen LogP contribution in [0.1, 0.15) is 16.7 Å². The Balaban J connectivity index is 1.83. The zero-order chi connectivity index (χ0) is 21.9. The van der Waals surface area contributed by atoms with Crippen LogP contribution in [0.2, 0.25) is 0 Å². The third-order valence-corrected chi connectivity index (χ3v) is 5.07. The number of methoxy groups -OCH3 is 2. The summed E-state index contributed by atoms with van der Waals surface area (Å²) in [6.45, 7) is 1.49. The summed E-state index contributed by atoms with van der Waals surface area (Å²) >= 11 is 0. The molecule has 31 heavy (non-hydrogen) atoms. The number of ether oxygens (including phenoxy) is 3. The second-order valence-corrected chi connectivity index (χ2v) is 7.31. The summed E-state index contributed by atoms with van der Waals surface area (Å²) in [6, 6.07) is 27.7. The Morgan fingerprint density at radius 3 is 1.81 bits per heavy atom. The molecule has 162 valence electrons. The van der Waals surface area contributed by atoms with Gasteiger partial charge in [-0.05, 0) is 35.2 Å². The molecule has 5 heteroatoms. The van der Waals surface area contributed by atoms with Crippen LogP contribution in [0, 0.1) is 0 Å². The van der Waals surface area contributed by atoms with Crippen LogP contribution in [0.5, 0.6) is 5.75 Å². The Bertz CT molecular complexity index is 872. The Kier molecular flexibility index (Phi) is 8.64. The monoisotopic (exact) mass is 419 g/mol. The average molecular weight is 420 g/mol. The first kappa shape index (κ1) is 22.5. The molecule has 0 radical (unpaired) electrons. The first-order chi connectivity index (χ1) is 15.2. The molecule has 0 aliphatic heterocycles. The fraction of sp³-hybridized carbons (Fsp3) is 0.269. The number of carbonyl (C=O) groups is 1. The fourth-order valence-corrected chi connectivity index (χ4v) is 3.48. The maximum absolute atomic E-state index is 12.8. The van der Waals surface area contributed by atoms with E-state index in [1.165, 1.54) is 7.11 Å². The number of benzene rings is 3. The Morgan fingerprint density at radius 2 is 1.32 bits per heavy atom. The maximum Gasteiger partial charge on any atom is 0.323 e. The fourth-order valence-electron chi connectivity index (χ4n) is 3.48. The molecule has 0 aromatic heterocycles. The van der Waals surface area contributed by atoms with Crippen molar-refractivity contribution in [3.63, 3.8) is 0 Å². The topological polar surface area (TPSA) is 48.0 Å². The summed E-state index contributed by atoms with van der Waals surface area (Å²) in [4.78, 5) is 15.0. The van der Waals surface area contributed by atoms with Crippen molar-refractivity contribution in [2.24, 2.45) is 0 Å². The first-order valence-electron chi connectivity index (χ1n) is 10.3. The van der Waals surface area contributed by atoms with E-state index < -0.39 is 6.04 Å². The molecule has 0 aliphatic carbocycles. The van der Waals surface area contributed by atoms with Gasteiger partial charge in [0.05, 0.1) is 7.11 Å². The standard InChI is InChI=1S/C26H29NO4/c1-29-20-31-24-15-13-21(14-16-24)17-25(26(28)30-2)27(18-22-9-5-3-6-10-22)19-23-11-7-4-8-12-23/h3-16,25H,17-20H2,1-2H3. The van der Waals surface area contributed by atoms with Crippen molar-refractivity contribution in [3.8, 4) is 5.75 Å². The van der Waals surface area contributed by atoms with Crippen molar-refractivity contribution in [2.45, 2.75) is 25.6 Å². The molecule has 3 rings (SSSR count). The van der Waals surface area contributed by atoms with Gasteiger partial charge in [0, 0.05) is 20.2 Å². The second kappa shape index (κ2) is 11.9. The van der Waals surface area contributed by atoms with Crippen molar-refractivity contribution in [1.82, 2.24) is 4.90 Å². The van der Waals surface area contributed by atoms with E-state index in [2.05, 4.69) is 29.2 Å². The number of hydrogen-bond donors (Lipinski definition) is 0. The van der Waals surface area contributed by atoms with Crippen LogP contribution < -0.4 is 4.74 Å². The van der Waals surface area contributed by atoms with E-state index in [9.17, 15) is 4.79 Å². The molecule has 0 aliphatic rings. The Hall–Kier alpha value is -3.15. The minimum absolute atomic E-state index is 0.200. The minimum Gasteiger partial charge on any atom is -0.468 e. The van der Waals surface area contributed by atoms with Crippen molar-refractivity contribution >= 4 is 5.97 Å². The summed E-state index contributed by atoms with van der Waals surface area (Å²) in [5.74, 6) is 0.484. The third-order valence-electron chi connectivity index (χ3n) is 5.07. The zero-order valence-electron chi connectivity index (χ0n) is 18.1. The molecule has 1 unspecified atom stereocenters. The molecule has 0 heterocycles. The molecule has 3 aromatic carbocycles. The number of esters is 1. The highest BCUT2D eigenvalue weighted by Crippen LogP contribution is 2.20. The van der Waals surface area contributed by atoms with Gasteiger partial charge in [-0.15, -0.1) is 0 Å². The highest BCUT2D eigenvalue weighted by Gasteiger charge is 2.27. The Labute approximate surface area is 184 Å². The van der Waals surface area contributed by atoms with E-state index in [-0.39, 0.29) is 12.8 Å². The first-order valence-corrected chi connectivity index (χ1v) is 10.3. The lowest BCUT2D eigenvalue weighted by atomic mass is 10.0. The normalized spacial score (nSPS) is 11.8. The minimum atomic E-state index is -0.420. The SMILES string of the molecule is COCOc1ccc(CC(C(=O)OC)N(Cc2ccccc2)Cc2ccccc2)cc1. The smallest absolute Gasteiger partial charge is 0.323 e. The lowest BCUT2D eigenvalue weighted by molar-refractivity contribution is -0.147. The maximum atomic E-state index is 12.8. The molecule has 0 fully saturated rings. The molecule has 0 spiro atoms. The van der Waals surface area contributed by atoms with Gasteiger partial charge in [0.1, 0.15) is 11.8 Å². The quantitative estimate of drug-likeness (QED) is 0.339. The van der Waals surface area contributed by atoms with E-state index in [0.29, 0.717) is 19.5 Å². The molecule has 3 aromatic rings. The van der Waals surface area contributed by atoms with Gasteiger partial charge in [0.2, 0.25) is 0 Å². The summed E-state index contributed by atoms with van der Waals surface area (Å²) in [7, 11) is 3.03. The number of hydrogen-bond acceptors (Lipinski definition) is 5. The summed E-state index contributed by atoms with van der Waals surface area (Å²) in [5, 5.41) is 0. The van der Waals surface area contributed by atoms with Crippen molar-refractivity contribution in [3.05, 3.63) is 102 Å². The van der Waals surface area contributed by atoms with Crippen molar-refractivity contribution in [1.29, 1.82) is 0 Å². The number of nitrogens with zero attached hydrogens (tertiary/aromatic N) is 1. The van der Waals surface area contributed by atoms with Gasteiger partial charge in [-0.3, -0.25) is 9.69 Å². The molecule has 0 saturated heterocycles. The van der Waals surface area contributed by atoms with E-state index in [1.807, 2.05) is 60.7 Å². The predicted molar refractivity (Wildman–Crippen MR) is 121 cm³/mol. The lowest BCUT2D eigenvalue weighted by Gasteiger charge is -2.30. The largest absolute Gasteiger partial charge is 0.468 e. The molecule has 5 nitrogen and oxygen atoms in total. The van der Waals surface area contributed by atoms with Crippen LogP contribution in [-0.2, 0) is 33.8 Å². The van der Waals surface area contributed by atoms with Gasteiger partial charge in [-0.25, -0.2) is 0 Å². The highest BCUT2D eigenvalue weighted by atomic mass is 16.7. The van der Waals surface area contributed by atoms with E-state index in [1.54, 1.807) is 7.11 Å². The lowest BCUT2D eigenvalue weighted by Crippen LogP contribution is -2.42. The highest BCUT2D eigenvalue weighted by molar-refractivity contribution is 5.76. The molecule has 1 atom stereocenters. The van der Waals surface area contributed by atoms with Gasteiger partial charge in [0.25, 0.3) is 0 Å². The van der Waals surface area contributed by atoms with Crippen LogP contribution in [-0.4, -0.2) is 37.9 Å². The second-order valence-electron chi connectivity index (χ2n) is 7.31. The van der Waals surface area contributed by atoms with Gasteiger partial charge in [0.15, 0.2) is 6.79 Å². The third kappa shape index (κ3) is 6.95. The van der Waals surface area contributed by atoms with E-state index in [0.717, 1.165) is 22.4 Å². The van der Waals surface area contributed by atoms with Crippen LogP contribution in [0.3, 0.4) is 0 Å². The van der Waals surface area contributed by atoms with Crippen LogP contribution in [0.25, 0.3) is 0 Å². The molecular formula is C26H29NO4. The number of rotatable bonds is 11. The zero-order valence-corrected chi connectivity index (χ0v) is 18.1. The molecule has 0 N–H and O–H groups in total. The molecule has 0 bridgehead atoms. The van der Waals surface area contributed by atoms with Crippen LogP contribution in [0.4, 0.5) is 0 Å². The van der Waals surface area contributed by atoms with Gasteiger partial charge >= 0.3 is 5.97 Å². The summed E-state index contributed by atoms with van der Waals surface area (Å²) in [5.41, 5.74) is 3.33. The van der Waals surface area contributed by atoms with Gasteiger partial charge < -0.3 is 14.2 Å². The van der Waals surface area contributed by atoms with Gasteiger partial charge in [-0.1, -0.05) is 72.8 Å². The molecule has 0 saturated carbocycles. The average Bonchev–Trinajstić information content (AvgIpc) is 2.82. The number of carbonyl (C=O) groups excluding carboxylic acids is 1. The predicted octanol–water partition coefficient (Wildman–Crippen LogP) is 4.46. The van der Waals surface area contributed by atoms with E-state index >= 15 is 0 Å². The molecular weight excluding hydrogens is 390 g/mol. The van der Waals surface area contributed by atoms with Crippen molar-refractivity contribution in [2.75, 3.05) is 21.0 Å². The van der Waals surface area contributed by atoms with Crippen LogP contribution >= 0.6 is 0 Å². The summed E-state index contributed by atoms with van der Waals surface area (Å²) in [6.07, 6.45) is 0.539. The summed E-state index contributed by atoms with van der Waals surface area (Å²) < 4.78 is 15.6.